The minimum absolute atomic E-state index is 0.0824. The first-order chi connectivity index (χ1) is 15.7. The zero-order chi connectivity index (χ0) is 22.1. The molecule has 2 aromatic carbocycles. The molecule has 7 heteroatoms. The van der Waals surface area contributed by atoms with Crippen molar-refractivity contribution >= 4 is 16.8 Å². The Bertz CT molecular complexity index is 1080. The quantitative estimate of drug-likeness (QED) is 0.645. The average molecular weight is 435 g/mol. The number of benzene rings is 2. The first-order valence-electron chi connectivity index (χ1n) is 11.4. The van der Waals surface area contributed by atoms with Crippen molar-refractivity contribution in [1.29, 1.82) is 0 Å². The van der Waals surface area contributed by atoms with Crippen LogP contribution < -0.4 is 10.1 Å². The lowest BCUT2D eigenvalue weighted by Crippen LogP contribution is -2.60. The molecule has 32 heavy (non-hydrogen) atoms. The second kappa shape index (κ2) is 8.92. The Kier molecular flexibility index (Phi) is 5.85. The standard InChI is InChI=1S/C25H30N4O3/c1-3-29-23-7-5-4-6-22(23)24(27-29)25(30)26-18-12-19-15-32-16-20(13-18)28(19)14-17-8-10-21(31-2)11-9-17/h4-11,18-20H,3,12-16H2,1-2H3,(H,26,30)/t18-,19-,20+. The van der Waals surface area contributed by atoms with E-state index >= 15 is 0 Å². The summed E-state index contributed by atoms with van der Waals surface area (Å²) in [5.74, 6) is 0.790. The molecule has 1 N–H and O–H groups in total. The summed E-state index contributed by atoms with van der Waals surface area (Å²) in [5, 5.41) is 8.78. The number of carbonyl (C=O) groups excluding carboxylic acids is 1. The number of piperidine rings is 1. The van der Waals surface area contributed by atoms with Gasteiger partial charge in [0.15, 0.2) is 5.69 Å². The van der Waals surface area contributed by atoms with Crippen LogP contribution in [-0.4, -0.2) is 59.0 Å². The van der Waals surface area contributed by atoms with Gasteiger partial charge in [0.2, 0.25) is 0 Å². The van der Waals surface area contributed by atoms with E-state index in [1.807, 2.05) is 48.0 Å². The van der Waals surface area contributed by atoms with E-state index in [1.165, 1.54) is 5.56 Å². The van der Waals surface area contributed by atoms with E-state index in [9.17, 15) is 4.79 Å². The number of nitrogens with one attached hydrogen (secondary N) is 1. The van der Waals surface area contributed by atoms with Crippen LogP contribution in [-0.2, 0) is 17.8 Å². The van der Waals surface area contributed by atoms with Crippen LogP contribution >= 0.6 is 0 Å². The van der Waals surface area contributed by atoms with Gasteiger partial charge in [-0.25, -0.2) is 0 Å². The third-order valence-electron chi connectivity index (χ3n) is 6.70. The van der Waals surface area contributed by atoms with Gasteiger partial charge < -0.3 is 14.8 Å². The van der Waals surface area contributed by atoms with Gasteiger partial charge in [-0.15, -0.1) is 0 Å². The second-order valence-corrected chi connectivity index (χ2v) is 8.69. The number of fused-ring (bicyclic) bond motifs is 3. The Morgan fingerprint density at radius 2 is 1.84 bits per heavy atom. The molecule has 5 rings (SSSR count). The monoisotopic (exact) mass is 434 g/mol. The highest BCUT2D eigenvalue weighted by atomic mass is 16.5. The van der Waals surface area contributed by atoms with Crippen molar-refractivity contribution in [1.82, 2.24) is 20.0 Å². The van der Waals surface area contributed by atoms with Crippen molar-refractivity contribution in [2.45, 2.75) is 51.0 Å². The van der Waals surface area contributed by atoms with Gasteiger partial charge in [-0.2, -0.15) is 5.10 Å². The number of hydrogen-bond acceptors (Lipinski definition) is 5. The lowest BCUT2D eigenvalue weighted by molar-refractivity contribution is -0.0843. The normalized spacial score (nSPS) is 23.2. The van der Waals surface area contributed by atoms with Gasteiger partial charge in [0.05, 0.1) is 25.8 Å². The molecule has 0 radical (unpaired) electrons. The lowest BCUT2D eigenvalue weighted by atomic mass is 9.89. The molecule has 1 amide bonds. The van der Waals surface area contributed by atoms with Crippen LogP contribution in [0.25, 0.3) is 10.9 Å². The van der Waals surface area contributed by atoms with E-state index in [1.54, 1.807) is 7.11 Å². The third-order valence-corrected chi connectivity index (χ3v) is 6.70. The minimum Gasteiger partial charge on any atom is -0.497 e. The topological polar surface area (TPSA) is 68.6 Å². The highest BCUT2D eigenvalue weighted by Gasteiger charge is 2.39. The first kappa shape index (κ1) is 21.0. The molecule has 0 aliphatic carbocycles. The highest BCUT2D eigenvalue weighted by Crippen LogP contribution is 2.30. The van der Waals surface area contributed by atoms with E-state index in [-0.39, 0.29) is 11.9 Å². The summed E-state index contributed by atoms with van der Waals surface area (Å²) < 4.78 is 13.0. The van der Waals surface area contributed by atoms with E-state index in [4.69, 9.17) is 9.47 Å². The van der Waals surface area contributed by atoms with Crippen molar-refractivity contribution in [2.75, 3.05) is 20.3 Å². The molecule has 3 heterocycles. The van der Waals surface area contributed by atoms with Gasteiger partial charge >= 0.3 is 0 Å². The average Bonchev–Trinajstić information content (AvgIpc) is 3.19. The number of aromatic nitrogens is 2. The van der Waals surface area contributed by atoms with E-state index in [0.717, 1.165) is 42.6 Å². The molecule has 3 atom stereocenters. The SMILES string of the molecule is CCn1nc(C(=O)N[C@H]2C[C@H]3COC[C@@H](C2)N3Cc2ccc(OC)cc2)c2ccccc21. The predicted molar refractivity (Wildman–Crippen MR) is 123 cm³/mol. The summed E-state index contributed by atoms with van der Waals surface area (Å²) in [6.07, 6.45) is 1.76. The van der Waals surface area contributed by atoms with Gasteiger partial charge in [-0.3, -0.25) is 14.4 Å². The predicted octanol–water partition coefficient (Wildman–Crippen LogP) is 3.23. The smallest absolute Gasteiger partial charge is 0.272 e. The van der Waals surface area contributed by atoms with Crippen molar-refractivity contribution in [3.05, 3.63) is 59.8 Å². The number of morpholine rings is 1. The van der Waals surface area contributed by atoms with E-state index < -0.39 is 0 Å². The van der Waals surface area contributed by atoms with Crippen LogP contribution in [0.4, 0.5) is 0 Å². The van der Waals surface area contributed by atoms with Crippen LogP contribution in [0.2, 0.25) is 0 Å². The number of aryl methyl sites for hydroxylation is 1. The molecular weight excluding hydrogens is 404 g/mol. The maximum atomic E-state index is 13.2. The largest absolute Gasteiger partial charge is 0.497 e. The number of amides is 1. The van der Waals surface area contributed by atoms with Crippen molar-refractivity contribution in [2.24, 2.45) is 0 Å². The molecule has 2 fully saturated rings. The molecule has 2 aliphatic rings. The zero-order valence-electron chi connectivity index (χ0n) is 18.7. The summed E-state index contributed by atoms with van der Waals surface area (Å²) in [5.41, 5.74) is 2.78. The second-order valence-electron chi connectivity index (χ2n) is 8.69. The number of rotatable bonds is 6. The number of methoxy groups -OCH3 is 1. The number of nitrogens with zero attached hydrogens (tertiary/aromatic N) is 3. The Balaban J connectivity index is 1.28. The maximum absolute atomic E-state index is 13.2. The van der Waals surface area contributed by atoms with E-state index in [0.29, 0.717) is 31.0 Å². The zero-order valence-corrected chi connectivity index (χ0v) is 18.7. The van der Waals surface area contributed by atoms with Gasteiger partial charge in [0, 0.05) is 36.6 Å². The molecular formula is C25H30N4O3. The summed E-state index contributed by atoms with van der Waals surface area (Å²) >= 11 is 0. The first-order valence-corrected chi connectivity index (χ1v) is 11.4. The van der Waals surface area contributed by atoms with Gasteiger partial charge in [-0.1, -0.05) is 30.3 Å². The molecule has 0 saturated carbocycles. The van der Waals surface area contributed by atoms with Gasteiger partial charge in [0.1, 0.15) is 5.75 Å². The Morgan fingerprint density at radius 3 is 2.53 bits per heavy atom. The maximum Gasteiger partial charge on any atom is 0.272 e. The molecule has 3 aromatic rings. The molecule has 2 saturated heterocycles. The fourth-order valence-electron chi connectivity index (χ4n) is 5.10. The highest BCUT2D eigenvalue weighted by molar-refractivity contribution is 6.05. The number of para-hydroxylation sites is 1. The molecule has 1 aromatic heterocycles. The number of ether oxygens (including phenoxy) is 2. The van der Waals surface area contributed by atoms with Crippen molar-refractivity contribution in [3.63, 3.8) is 0 Å². The third kappa shape index (κ3) is 3.98. The molecule has 0 unspecified atom stereocenters. The molecule has 0 spiro atoms. The Hall–Kier alpha value is -2.90. The molecule has 2 aliphatic heterocycles. The minimum atomic E-state index is -0.0824. The lowest BCUT2D eigenvalue weighted by Gasteiger charge is -2.48. The van der Waals surface area contributed by atoms with Crippen LogP contribution in [0, 0.1) is 0 Å². The summed E-state index contributed by atoms with van der Waals surface area (Å²) in [6, 6.07) is 16.9. The molecule has 7 nitrogen and oxygen atoms in total. The fraction of sp³-hybridized carbons (Fsp3) is 0.440. The Morgan fingerprint density at radius 1 is 1.12 bits per heavy atom. The van der Waals surface area contributed by atoms with Crippen molar-refractivity contribution < 1.29 is 14.3 Å². The van der Waals surface area contributed by atoms with Gasteiger partial charge in [-0.05, 0) is 43.5 Å². The van der Waals surface area contributed by atoms with E-state index in [2.05, 4.69) is 27.4 Å². The van der Waals surface area contributed by atoms with Crippen molar-refractivity contribution in [3.8, 4) is 5.75 Å². The van der Waals surface area contributed by atoms with Crippen LogP contribution in [0.1, 0.15) is 35.8 Å². The number of carbonyl (C=O) groups is 1. The van der Waals surface area contributed by atoms with Crippen LogP contribution in [0.3, 0.4) is 0 Å². The van der Waals surface area contributed by atoms with Gasteiger partial charge in [0.25, 0.3) is 5.91 Å². The molecule has 168 valence electrons. The van der Waals surface area contributed by atoms with Crippen LogP contribution in [0.5, 0.6) is 5.75 Å². The fourth-order valence-corrected chi connectivity index (χ4v) is 5.10. The summed E-state index contributed by atoms with van der Waals surface area (Å²) in [6.45, 7) is 5.06. The van der Waals surface area contributed by atoms with Crippen LogP contribution in [0.15, 0.2) is 48.5 Å². The Labute approximate surface area is 188 Å². The number of hydrogen-bond donors (Lipinski definition) is 1. The molecule has 2 bridgehead atoms. The summed E-state index contributed by atoms with van der Waals surface area (Å²) in [4.78, 5) is 15.7. The summed E-state index contributed by atoms with van der Waals surface area (Å²) in [7, 11) is 1.69.